The van der Waals surface area contributed by atoms with Crippen molar-refractivity contribution in [1.29, 1.82) is 5.26 Å². The normalized spacial score (nSPS) is 18.5. The summed E-state index contributed by atoms with van der Waals surface area (Å²) in [5.74, 6) is -3.37. The third kappa shape index (κ3) is 4.66. The summed E-state index contributed by atoms with van der Waals surface area (Å²) < 4.78 is 10.2. The third-order valence-corrected chi connectivity index (χ3v) is 4.64. The number of hydrogen-bond acceptors (Lipinski definition) is 8. The van der Waals surface area contributed by atoms with Gasteiger partial charge in [0.15, 0.2) is 0 Å². The van der Waals surface area contributed by atoms with Gasteiger partial charge >= 0.3 is 11.9 Å². The van der Waals surface area contributed by atoms with Crippen LogP contribution in [0.5, 0.6) is 0 Å². The summed E-state index contributed by atoms with van der Waals surface area (Å²) in [6.07, 6.45) is 0.578. The Morgan fingerprint density at radius 2 is 2.00 bits per heavy atom. The second-order valence-corrected chi connectivity index (χ2v) is 6.44. The molecule has 0 aliphatic carbocycles. The molecule has 152 valence electrons. The topological polar surface area (TPSA) is 132 Å². The zero-order chi connectivity index (χ0) is 21.6. The van der Waals surface area contributed by atoms with Gasteiger partial charge in [-0.2, -0.15) is 5.26 Å². The quantitative estimate of drug-likeness (QED) is 0.298. The number of benzene rings is 1. The third-order valence-electron chi connectivity index (χ3n) is 4.64. The molecule has 0 bridgehead atoms. The number of carbonyl (C=O) groups is 2. The van der Waals surface area contributed by atoms with Crippen LogP contribution in [0.1, 0.15) is 38.2 Å². The van der Waals surface area contributed by atoms with Crippen molar-refractivity contribution >= 4 is 23.3 Å². The van der Waals surface area contributed by atoms with Gasteiger partial charge in [-0.25, -0.2) is 4.79 Å². The number of methoxy groups -OCH3 is 1. The largest absolute Gasteiger partial charge is 0.468 e. The van der Waals surface area contributed by atoms with Crippen molar-refractivity contribution < 1.29 is 24.0 Å². The van der Waals surface area contributed by atoms with Gasteiger partial charge in [0.05, 0.1) is 30.3 Å². The molecule has 1 aliphatic rings. The molecule has 2 unspecified atom stereocenters. The van der Waals surface area contributed by atoms with Gasteiger partial charge < -0.3 is 9.47 Å². The lowest BCUT2D eigenvalue weighted by atomic mass is 9.75. The molecule has 9 nitrogen and oxygen atoms in total. The molecule has 0 N–H and O–H groups in total. The Kier molecular flexibility index (Phi) is 7.20. The van der Waals surface area contributed by atoms with E-state index in [9.17, 15) is 19.7 Å². The molecule has 9 heteroatoms. The zero-order valence-electron chi connectivity index (χ0n) is 16.4. The number of rotatable bonds is 7. The average Bonchev–Trinajstić information content (AvgIpc) is 2.69. The number of allylic oxidation sites excluding steroid dienone is 1. The maximum absolute atomic E-state index is 12.8. The molecule has 29 heavy (non-hydrogen) atoms. The predicted molar refractivity (Wildman–Crippen MR) is 103 cm³/mol. The molecule has 1 aromatic rings. The zero-order valence-corrected chi connectivity index (χ0v) is 16.4. The Morgan fingerprint density at radius 1 is 1.31 bits per heavy atom. The maximum atomic E-state index is 12.8. The van der Waals surface area contributed by atoms with E-state index in [4.69, 9.17) is 14.7 Å². The van der Waals surface area contributed by atoms with Gasteiger partial charge in [-0.3, -0.25) is 19.9 Å². The number of hydrogen-bond donors (Lipinski definition) is 0. The average molecular weight is 399 g/mol. The minimum Gasteiger partial charge on any atom is -0.468 e. The summed E-state index contributed by atoms with van der Waals surface area (Å²) in [5, 5.41) is 20.2. The number of nitro groups is 1. The maximum Gasteiger partial charge on any atom is 0.336 e. The highest BCUT2D eigenvalue weighted by Gasteiger charge is 2.44. The first-order chi connectivity index (χ1) is 13.8. The minimum absolute atomic E-state index is 0.0123. The summed E-state index contributed by atoms with van der Waals surface area (Å²) in [5.41, 5.74) is 0.751. The van der Waals surface area contributed by atoms with Crippen LogP contribution in [0.15, 0.2) is 40.5 Å². The molecule has 2 atom stereocenters. The Balaban J connectivity index is 2.60. The molecule has 1 aliphatic heterocycles. The molecule has 2 rings (SSSR count). The van der Waals surface area contributed by atoms with Crippen molar-refractivity contribution in [3.63, 3.8) is 0 Å². The fourth-order valence-electron chi connectivity index (χ4n) is 3.38. The van der Waals surface area contributed by atoms with Gasteiger partial charge in [0, 0.05) is 35.4 Å². The van der Waals surface area contributed by atoms with Crippen LogP contribution in [0.3, 0.4) is 0 Å². The van der Waals surface area contributed by atoms with Gasteiger partial charge in [0.25, 0.3) is 5.69 Å². The first-order valence-electron chi connectivity index (χ1n) is 8.94. The standard InChI is InChI=1S/C20H21N3O6/c1-12-16(19(24)28-3)18(14-8-4-5-9-15(14)23(26)27)17(13(2)22-12)20(25)29-11-7-6-10-21/h4-5,8-9,16,18H,6-7,11H2,1-3H3. The number of nitriles is 1. The number of esters is 2. The van der Waals surface area contributed by atoms with Gasteiger partial charge in [-0.05, 0) is 20.3 Å². The van der Waals surface area contributed by atoms with Crippen molar-refractivity contribution in [2.45, 2.75) is 32.6 Å². The van der Waals surface area contributed by atoms with E-state index in [1.165, 1.54) is 25.3 Å². The molecule has 1 heterocycles. The van der Waals surface area contributed by atoms with E-state index >= 15 is 0 Å². The molecule has 1 aromatic carbocycles. The number of nitrogens with zero attached hydrogens (tertiary/aromatic N) is 3. The van der Waals surface area contributed by atoms with Crippen molar-refractivity contribution in [2.75, 3.05) is 13.7 Å². The SMILES string of the molecule is COC(=O)C1C(C)=NC(C)=C(C(=O)OCCCC#N)C1c1ccccc1[N+](=O)[O-]. The molecule has 0 saturated carbocycles. The van der Waals surface area contributed by atoms with Gasteiger partial charge in [0.2, 0.25) is 0 Å². The Labute approximate surface area is 167 Å². The summed E-state index contributed by atoms with van der Waals surface area (Å²) >= 11 is 0. The number of ether oxygens (including phenoxy) is 2. The van der Waals surface area contributed by atoms with Crippen LogP contribution in [0.25, 0.3) is 0 Å². The van der Waals surface area contributed by atoms with E-state index in [1.807, 2.05) is 6.07 Å². The van der Waals surface area contributed by atoms with Crippen molar-refractivity contribution in [2.24, 2.45) is 10.9 Å². The number of carbonyl (C=O) groups excluding carboxylic acids is 2. The van der Waals surface area contributed by atoms with Crippen LogP contribution in [-0.2, 0) is 19.1 Å². The summed E-state index contributed by atoms with van der Waals surface area (Å²) in [7, 11) is 1.21. The van der Waals surface area contributed by atoms with E-state index in [0.717, 1.165) is 0 Å². The number of aliphatic imine (C=N–C) groups is 1. The molecule has 0 saturated heterocycles. The van der Waals surface area contributed by atoms with Crippen LogP contribution in [-0.4, -0.2) is 36.3 Å². The second-order valence-electron chi connectivity index (χ2n) is 6.44. The summed E-state index contributed by atoms with van der Waals surface area (Å²) in [6, 6.07) is 7.89. The molecule has 0 radical (unpaired) electrons. The number of para-hydroxylation sites is 1. The Bertz CT molecular complexity index is 928. The Hall–Kier alpha value is -3.54. The number of unbranched alkanes of at least 4 members (excludes halogenated alkanes) is 1. The molecule has 0 fully saturated rings. The lowest BCUT2D eigenvalue weighted by Crippen LogP contribution is -2.36. The highest BCUT2D eigenvalue weighted by atomic mass is 16.6. The molecular weight excluding hydrogens is 378 g/mol. The van der Waals surface area contributed by atoms with Gasteiger partial charge in [0.1, 0.15) is 5.92 Å². The van der Waals surface area contributed by atoms with Crippen LogP contribution < -0.4 is 0 Å². The van der Waals surface area contributed by atoms with Gasteiger partial charge in [-0.1, -0.05) is 18.2 Å². The predicted octanol–water partition coefficient (Wildman–Crippen LogP) is 3.06. The van der Waals surface area contributed by atoms with E-state index in [-0.39, 0.29) is 29.9 Å². The van der Waals surface area contributed by atoms with Crippen molar-refractivity contribution in [3.05, 3.63) is 51.2 Å². The lowest BCUT2D eigenvalue weighted by Gasteiger charge is -2.31. The fourth-order valence-corrected chi connectivity index (χ4v) is 3.38. The van der Waals surface area contributed by atoms with E-state index < -0.39 is 28.7 Å². The van der Waals surface area contributed by atoms with Crippen LogP contribution in [0, 0.1) is 27.4 Å². The minimum atomic E-state index is -1.01. The lowest BCUT2D eigenvalue weighted by molar-refractivity contribution is -0.385. The fraction of sp³-hybridized carbons (Fsp3) is 0.400. The Morgan fingerprint density at radius 3 is 2.62 bits per heavy atom. The second kappa shape index (κ2) is 9.59. The first-order valence-corrected chi connectivity index (χ1v) is 8.94. The highest BCUT2D eigenvalue weighted by Crippen LogP contribution is 2.43. The van der Waals surface area contributed by atoms with E-state index in [2.05, 4.69) is 4.99 Å². The smallest absolute Gasteiger partial charge is 0.336 e. The number of nitro benzene ring substituents is 1. The summed E-state index contributed by atoms with van der Waals surface area (Å²) in [4.78, 5) is 40.7. The van der Waals surface area contributed by atoms with Crippen molar-refractivity contribution in [1.82, 2.24) is 0 Å². The van der Waals surface area contributed by atoms with E-state index in [0.29, 0.717) is 17.8 Å². The molecule has 0 aromatic heterocycles. The molecular formula is C20H21N3O6. The molecule has 0 amide bonds. The first kappa shape index (κ1) is 21.8. The van der Waals surface area contributed by atoms with E-state index in [1.54, 1.807) is 19.9 Å². The monoisotopic (exact) mass is 399 g/mol. The van der Waals surface area contributed by atoms with Crippen LogP contribution >= 0.6 is 0 Å². The highest BCUT2D eigenvalue weighted by molar-refractivity contribution is 6.07. The molecule has 0 spiro atoms. The van der Waals surface area contributed by atoms with Crippen molar-refractivity contribution in [3.8, 4) is 6.07 Å². The van der Waals surface area contributed by atoms with Gasteiger partial charge in [-0.15, -0.1) is 0 Å². The summed E-state index contributed by atoms with van der Waals surface area (Å²) in [6.45, 7) is 3.21. The van der Waals surface area contributed by atoms with Crippen LogP contribution in [0.2, 0.25) is 0 Å². The van der Waals surface area contributed by atoms with Crippen LogP contribution in [0.4, 0.5) is 5.69 Å².